The molecular weight excluding hydrogens is 490 g/mol. The molecule has 4 rings (SSSR count). The molecular formula is C28H43N3O5S. The van der Waals surface area contributed by atoms with Gasteiger partial charge in [0.25, 0.3) is 0 Å². The number of carboxylic acids is 1. The second-order valence-corrected chi connectivity index (χ2v) is 13.2. The number of likely N-dealkylation sites (tertiary alicyclic amines) is 1. The van der Waals surface area contributed by atoms with Crippen LogP contribution in [0.3, 0.4) is 0 Å². The van der Waals surface area contributed by atoms with Crippen LogP contribution >= 0.6 is 11.3 Å². The summed E-state index contributed by atoms with van der Waals surface area (Å²) in [6.07, 6.45) is 6.43. The molecule has 206 valence electrons. The molecule has 0 spiro atoms. The van der Waals surface area contributed by atoms with Crippen molar-refractivity contribution in [2.24, 2.45) is 11.8 Å². The predicted molar refractivity (Wildman–Crippen MR) is 146 cm³/mol. The molecule has 37 heavy (non-hydrogen) atoms. The molecule has 0 unspecified atom stereocenters. The van der Waals surface area contributed by atoms with Gasteiger partial charge in [0, 0.05) is 36.5 Å². The third-order valence-corrected chi connectivity index (χ3v) is 9.65. The lowest BCUT2D eigenvalue weighted by atomic mass is 9.82. The third kappa shape index (κ3) is 6.66. The molecule has 0 aromatic carbocycles. The Morgan fingerprint density at radius 2 is 1.76 bits per heavy atom. The maximum absolute atomic E-state index is 14.0. The number of carbonyl (C=O) groups excluding carboxylic acids is 2. The van der Waals surface area contributed by atoms with Crippen LogP contribution in [0, 0.1) is 11.8 Å². The zero-order valence-electron chi connectivity index (χ0n) is 22.8. The van der Waals surface area contributed by atoms with E-state index in [9.17, 15) is 19.5 Å². The molecule has 1 aromatic rings. The van der Waals surface area contributed by atoms with E-state index in [4.69, 9.17) is 4.74 Å². The highest BCUT2D eigenvalue weighted by Gasteiger charge is 2.39. The smallest absolute Gasteiger partial charge is 0.410 e. The van der Waals surface area contributed by atoms with Gasteiger partial charge in [0.1, 0.15) is 11.0 Å². The first-order chi connectivity index (χ1) is 17.5. The van der Waals surface area contributed by atoms with Crippen molar-refractivity contribution in [3.05, 3.63) is 15.8 Å². The minimum atomic E-state index is -0.993. The first-order valence-corrected chi connectivity index (χ1v) is 14.7. The third-order valence-electron chi connectivity index (χ3n) is 8.11. The van der Waals surface area contributed by atoms with E-state index in [1.165, 1.54) is 11.3 Å². The van der Waals surface area contributed by atoms with Crippen LogP contribution in [0.5, 0.6) is 0 Å². The molecule has 3 aliphatic rings. The number of carboxylic acid groups (broad SMARTS) is 1. The van der Waals surface area contributed by atoms with Gasteiger partial charge in [0.2, 0.25) is 5.91 Å². The van der Waals surface area contributed by atoms with Gasteiger partial charge < -0.3 is 25.0 Å². The standard InChI is InChI=1S/C28H43N3O5S/c1-18-7-9-19(10-8-18)25(32)31(22-16-23(28(2,3)4)37-24(22)26(33)34)20-11-14-30(15-12-20)27(35)36-21-6-5-13-29-17-21/h16,18-21,29H,5-15,17H2,1-4H3,(H,33,34)/t18?,19?,21-/m1/s1. The van der Waals surface area contributed by atoms with E-state index < -0.39 is 5.97 Å². The van der Waals surface area contributed by atoms with Crippen molar-refractivity contribution >= 4 is 35.0 Å². The Balaban J connectivity index is 1.55. The number of thiophene rings is 1. The molecule has 1 atom stereocenters. The Morgan fingerprint density at radius 3 is 2.32 bits per heavy atom. The van der Waals surface area contributed by atoms with E-state index in [1.807, 2.05) is 11.0 Å². The molecule has 0 bridgehead atoms. The summed E-state index contributed by atoms with van der Waals surface area (Å²) >= 11 is 1.27. The zero-order chi connectivity index (χ0) is 26.7. The average Bonchev–Trinajstić information content (AvgIpc) is 3.32. The minimum absolute atomic E-state index is 0.0435. The lowest BCUT2D eigenvalue weighted by molar-refractivity contribution is -0.124. The Bertz CT molecular complexity index is 965. The molecule has 1 saturated carbocycles. The van der Waals surface area contributed by atoms with Gasteiger partial charge in [-0.3, -0.25) is 4.79 Å². The normalized spacial score (nSPS) is 25.5. The van der Waals surface area contributed by atoms with Crippen molar-refractivity contribution < 1.29 is 24.2 Å². The molecule has 2 N–H and O–H groups in total. The molecule has 8 nitrogen and oxygen atoms in total. The molecule has 0 radical (unpaired) electrons. The second-order valence-electron chi connectivity index (χ2n) is 12.1. The number of ether oxygens (including phenoxy) is 1. The van der Waals surface area contributed by atoms with Gasteiger partial charge in [-0.25, -0.2) is 9.59 Å². The fourth-order valence-corrected chi connectivity index (χ4v) is 6.77. The maximum Gasteiger partial charge on any atom is 0.410 e. The van der Waals surface area contributed by atoms with Crippen molar-refractivity contribution in [3.8, 4) is 0 Å². The van der Waals surface area contributed by atoms with Crippen molar-refractivity contribution in [1.82, 2.24) is 10.2 Å². The number of carbonyl (C=O) groups is 3. The Kier molecular flexibility index (Phi) is 8.84. The van der Waals surface area contributed by atoms with E-state index in [2.05, 4.69) is 33.0 Å². The molecule has 3 fully saturated rings. The Labute approximate surface area is 224 Å². The highest BCUT2D eigenvalue weighted by Crippen LogP contribution is 2.41. The van der Waals surface area contributed by atoms with E-state index in [0.717, 1.165) is 49.9 Å². The highest BCUT2D eigenvalue weighted by atomic mass is 32.1. The van der Waals surface area contributed by atoms with Crippen molar-refractivity contribution in [2.45, 2.75) is 96.6 Å². The molecule has 1 aliphatic carbocycles. The summed E-state index contributed by atoms with van der Waals surface area (Å²) in [7, 11) is 0. The molecule has 2 saturated heterocycles. The minimum Gasteiger partial charge on any atom is -0.477 e. The van der Waals surface area contributed by atoms with E-state index in [0.29, 0.717) is 44.1 Å². The molecule has 2 amide bonds. The number of hydrogen-bond donors (Lipinski definition) is 2. The van der Waals surface area contributed by atoms with Crippen LogP contribution in [0.15, 0.2) is 6.07 Å². The van der Waals surface area contributed by atoms with Crippen LogP contribution in [0.25, 0.3) is 0 Å². The van der Waals surface area contributed by atoms with Crippen LogP contribution in [0.2, 0.25) is 0 Å². The Morgan fingerprint density at radius 1 is 1.08 bits per heavy atom. The average molecular weight is 534 g/mol. The van der Waals surface area contributed by atoms with Crippen LogP contribution in [-0.2, 0) is 14.9 Å². The van der Waals surface area contributed by atoms with Crippen LogP contribution in [-0.4, -0.2) is 66.3 Å². The largest absolute Gasteiger partial charge is 0.477 e. The van der Waals surface area contributed by atoms with Crippen LogP contribution in [0.4, 0.5) is 10.5 Å². The molecule has 3 heterocycles. The molecule has 2 aliphatic heterocycles. The van der Waals surface area contributed by atoms with Crippen molar-refractivity contribution in [2.75, 3.05) is 31.1 Å². The van der Waals surface area contributed by atoms with Gasteiger partial charge in [-0.05, 0) is 75.3 Å². The number of rotatable bonds is 5. The topological polar surface area (TPSA) is 99.2 Å². The summed E-state index contributed by atoms with van der Waals surface area (Å²) in [4.78, 5) is 43.9. The fraction of sp³-hybridized carbons (Fsp3) is 0.750. The number of nitrogens with zero attached hydrogens (tertiary/aromatic N) is 2. The summed E-state index contributed by atoms with van der Waals surface area (Å²) < 4.78 is 5.72. The van der Waals surface area contributed by atoms with Gasteiger partial charge in [-0.15, -0.1) is 11.3 Å². The highest BCUT2D eigenvalue weighted by molar-refractivity contribution is 7.14. The quantitative estimate of drug-likeness (QED) is 0.536. The fourth-order valence-electron chi connectivity index (χ4n) is 5.73. The summed E-state index contributed by atoms with van der Waals surface area (Å²) in [5, 5.41) is 13.4. The first-order valence-electron chi connectivity index (χ1n) is 13.9. The molecule has 1 aromatic heterocycles. The van der Waals surface area contributed by atoms with Crippen LogP contribution in [0.1, 0.15) is 93.6 Å². The monoisotopic (exact) mass is 533 g/mol. The lowest BCUT2D eigenvalue weighted by Gasteiger charge is -2.40. The summed E-state index contributed by atoms with van der Waals surface area (Å²) in [6.45, 7) is 11.1. The lowest BCUT2D eigenvalue weighted by Crippen LogP contribution is -2.51. The van der Waals surface area contributed by atoms with Crippen molar-refractivity contribution in [3.63, 3.8) is 0 Å². The number of anilines is 1. The van der Waals surface area contributed by atoms with Gasteiger partial charge in [-0.1, -0.05) is 27.7 Å². The van der Waals surface area contributed by atoms with Crippen LogP contribution < -0.4 is 10.2 Å². The van der Waals surface area contributed by atoms with E-state index in [-0.39, 0.29) is 40.4 Å². The van der Waals surface area contributed by atoms with Gasteiger partial charge >= 0.3 is 12.1 Å². The summed E-state index contributed by atoms with van der Waals surface area (Å²) in [5.74, 6) is -0.415. The second kappa shape index (κ2) is 11.7. The Hall–Kier alpha value is -2.13. The maximum atomic E-state index is 14.0. The number of amides is 2. The van der Waals surface area contributed by atoms with Crippen molar-refractivity contribution in [1.29, 1.82) is 0 Å². The SMILES string of the molecule is CC1CCC(C(=O)N(c2cc(C(C)(C)C)sc2C(=O)O)C2CCN(C(=O)O[C@@H]3CCCNC3)CC2)CC1. The first kappa shape index (κ1) is 27.9. The van der Waals surface area contributed by atoms with Gasteiger partial charge in [-0.2, -0.15) is 0 Å². The number of nitrogens with one attached hydrogen (secondary N) is 1. The number of hydrogen-bond acceptors (Lipinski definition) is 6. The number of aromatic carboxylic acids is 1. The van der Waals surface area contributed by atoms with E-state index in [1.54, 1.807) is 4.90 Å². The summed E-state index contributed by atoms with van der Waals surface area (Å²) in [6, 6.07) is 1.78. The molecule has 9 heteroatoms. The van der Waals surface area contributed by atoms with Gasteiger partial charge in [0.05, 0.1) is 5.69 Å². The van der Waals surface area contributed by atoms with E-state index >= 15 is 0 Å². The predicted octanol–water partition coefficient (Wildman–Crippen LogP) is 5.26. The number of piperidine rings is 2. The summed E-state index contributed by atoms with van der Waals surface area (Å²) in [5.41, 5.74) is 0.309. The van der Waals surface area contributed by atoms with Gasteiger partial charge in [0.15, 0.2) is 0 Å². The zero-order valence-corrected chi connectivity index (χ0v) is 23.6.